The van der Waals surface area contributed by atoms with Gasteiger partial charge in [-0.1, -0.05) is 40.2 Å². The van der Waals surface area contributed by atoms with Crippen LogP contribution in [0.1, 0.15) is 59.7 Å². The first-order chi connectivity index (χ1) is 18.1. The van der Waals surface area contributed by atoms with Crippen LogP contribution in [0.4, 0.5) is 19.1 Å². The maximum absolute atomic E-state index is 13.8. The molecule has 1 unspecified atom stereocenters. The molecule has 2 aliphatic rings. The molecular formula is C27H29BrF3NO6. The molecule has 2 aromatic rings. The quantitative estimate of drug-likeness (QED) is 0.204. The van der Waals surface area contributed by atoms with Gasteiger partial charge in [-0.2, -0.15) is 13.2 Å². The first-order valence-corrected chi connectivity index (χ1v) is 13.7. The molecule has 206 valence electrons. The van der Waals surface area contributed by atoms with E-state index in [1.807, 2.05) is 0 Å². The summed E-state index contributed by atoms with van der Waals surface area (Å²) in [4.78, 5) is 40.1. The molecule has 2 heterocycles. The molecule has 1 saturated heterocycles. The Labute approximate surface area is 226 Å². The molecule has 1 atom stereocenters. The molecule has 0 radical (unpaired) electrons. The number of ketones is 1. The summed E-state index contributed by atoms with van der Waals surface area (Å²) < 4.78 is 56.5. The summed E-state index contributed by atoms with van der Waals surface area (Å²) in [6.45, 7) is 2.38. The fourth-order valence-electron chi connectivity index (χ4n) is 4.99. The maximum Gasteiger partial charge on any atom is 0.391 e. The second-order valence-electron chi connectivity index (χ2n) is 9.50. The lowest BCUT2D eigenvalue weighted by Crippen LogP contribution is -2.46. The Bertz CT molecular complexity index is 1150. The van der Waals surface area contributed by atoms with Gasteiger partial charge in [0.1, 0.15) is 11.3 Å². The van der Waals surface area contributed by atoms with Crippen molar-refractivity contribution in [1.29, 1.82) is 0 Å². The van der Waals surface area contributed by atoms with Crippen LogP contribution < -0.4 is 4.90 Å². The first-order valence-electron chi connectivity index (χ1n) is 12.6. The minimum Gasteiger partial charge on any atom is -0.462 e. The number of anilines is 1. The van der Waals surface area contributed by atoms with Crippen LogP contribution in [0, 0.1) is 11.8 Å². The van der Waals surface area contributed by atoms with Crippen LogP contribution in [0.15, 0.2) is 34.7 Å². The average molecular weight is 600 g/mol. The monoisotopic (exact) mass is 599 g/mol. The van der Waals surface area contributed by atoms with Crippen LogP contribution in [-0.2, 0) is 14.3 Å². The minimum atomic E-state index is -4.28. The zero-order valence-corrected chi connectivity index (χ0v) is 22.5. The molecule has 1 aromatic heterocycles. The number of esters is 1. The van der Waals surface area contributed by atoms with E-state index in [-0.39, 0.29) is 67.4 Å². The number of Topliss-reactive ketones (excluding diaryl/α,β-unsaturated/α-hetero) is 1. The number of halogens is 4. The summed E-state index contributed by atoms with van der Waals surface area (Å²) in [5, 5.41) is 0.176. The number of benzene rings is 1. The first kappa shape index (κ1) is 28.4. The molecule has 1 saturated carbocycles. The lowest BCUT2D eigenvalue weighted by atomic mass is 9.81. The zero-order chi connectivity index (χ0) is 27.4. The van der Waals surface area contributed by atoms with Crippen molar-refractivity contribution in [1.82, 2.24) is 0 Å². The second kappa shape index (κ2) is 12.0. The molecular weight excluding hydrogens is 571 g/mol. The van der Waals surface area contributed by atoms with Gasteiger partial charge in [0.15, 0.2) is 5.78 Å². The number of rotatable bonds is 8. The molecule has 1 aliphatic heterocycles. The third kappa shape index (κ3) is 6.14. The maximum atomic E-state index is 13.8. The van der Waals surface area contributed by atoms with E-state index in [0.29, 0.717) is 29.9 Å². The van der Waals surface area contributed by atoms with Gasteiger partial charge in [-0.15, -0.1) is 0 Å². The van der Waals surface area contributed by atoms with E-state index >= 15 is 0 Å². The van der Waals surface area contributed by atoms with E-state index in [1.54, 1.807) is 31.2 Å². The fraction of sp³-hybridized carbons (Fsp3) is 0.519. The van der Waals surface area contributed by atoms with Crippen LogP contribution in [0.2, 0.25) is 0 Å². The number of alkyl halides is 4. The van der Waals surface area contributed by atoms with Crippen molar-refractivity contribution in [2.24, 2.45) is 11.8 Å². The minimum absolute atomic E-state index is 0.00231. The smallest absolute Gasteiger partial charge is 0.391 e. The largest absolute Gasteiger partial charge is 0.462 e. The summed E-state index contributed by atoms with van der Waals surface area (Å²) in [5.41, 5.74) is 1.12. The summed E-state index contributed by atoms with van der Waals surface area (Å²) >= 11 is 3.14. The van der Waals surface area contributed by atoms with Crippen molar-refractivity contribution >= 4 is 39.5 Å². The van der Waals surface area contributed by atoms with Crippen LogP contribution in [-0.4, -0.2) is 55.0 Å². The normalized spacial score (nSPS) is 21.8. The molecule has 0 spiro atoms. The molecule has 7 nitrogen and oxygen atoms in total. The lowest BCUT2D eigenvalue weighted by Gasteiger charge is -2.34. The Morgan fingerprint density at radius 1 is 1.08 bits per heavy atom. The molecule has 4 rings (SSSR count). The van der Waals surface area contributed by atoms with Crippen LogP contribution in [0.5, 0.6) is 0 Å². The van der Waals surface area contributed by atoms with Gasteiger partial charge in [0.05, 0.1) is 30.5 Å². The van der Waals surface area contributed by atoms with Crippen molar-refractivity contribution in [3.8, 4) is 11.3 Å². The van der Waals surface area contributed by atoms with Crippen molar-refractivity contribution < 1.29 is 41.4 Å². The van der Waals surface area contributed by atoms with E-state index in [4.69, 9.17) is 13.9 Å². The van der Waals surface area contributed by atoms with Crippen molar-refractivity contribution in [3.05, 3.63) is 41.5 Å². The Kier molecular flexibility index (Phi) is 8.97. The van der Waals surface area contributed by atoms with E-state index in [0.717, 1.165) is 0 Å². The summed E-state index contributed by atoms with van der Waals surface area (Å²) in [7, 11) is 0. The summed E-state index contributed by atoms with van der Waals surface area (Å²) in [5.74, 6) is -2.92. The SMILES string of the molecule is CCOC(=O)c1cc(-c2ccc(C(=O)CBr)cc2)oc1N(C(=O)[C@H]1CC[C@H](C(F)(F)F)CC1)C1CCOC1. The molecule has 0 bridgehead atoms. The Hall–Kier alpha value is -2.66. The Balaban J connectivity index is 1.69. The van der Waals surface area contributed by atoms with Gasteiger partial charge in [-0.25, -0.2) is 4.79 Å². The standard InChI is InChI=1S/C27H29BrF3NO6/c1-2-37-26(35)21-13-23(17-5-3-16(4-6-17)22(33)14-28)38-25(21)32(20-11-12-36-15-20)24(34)18-7-9-19(10-8-18)27(29,30)31/h3-6,13,18-20H,2,7-12,14-15H2,1H3/t18-,19-,20?. The van der Waals surface area contributed by atoms with Gasteiger partial charge >= 0.3 is 12.1 Å². The van der Waals surface area contributed by atoms with Crippen molar-refractivity contribution in [2.45, 2.75) is 51.2 Å². The van der Waals surface area contributed by atoms with Gasteiger partial charge in [-0.05, 0) is 39.0 Å². The van der Waals surface area contributed by atoms with E-state index in [2.05, 4.69) is 15.9 Å². The van der Waals surface area contributed by atoms with E-state index in [1.165, 1.54) is 11.0 Å². The number of carbonyl (C=O) groups is 3. The molecule has 11 heteroatoms. The molecule has 1 amide bonds. The van der Waals surface area contributed by atoms with Crippen molar-refractivity contribution in [3.63, 3.8) is 0 Å². The summed E-state index contributed by atoms with van der Waals surface area (Å²) in [6, 6.07) is 7.68. The Morgan fingerprint density at radius 2 is 1.76 bits per heavy atom. The third-order valence-corrected chi connectivity index (χ3v) is 7.60. The highest BCUT2D eigenvalue weighted by Gasteiger charge is 2.45. The number of hydrogen-bond donors (Lipinski definition) is 0. The molecule has 38 heavy (non-hydrogen) atoms. The van der Waals surface area contributed by atoms with Crippen LogP contribution >= 0.6 is 15.9 Å². The number of hydrogen-bond acceptors (Lipinski definition) is 6. The predicted molar refractivity (Wildman–Crippen MR) is 136 cm³/mol. The van der Waals surface area contributed by atoms with Gasteiger partial charge in [0, 0.05) is 29.7 Å². The molecule has 1 aromatic carbocycles. The number of carbonyl (C=O) groups excluding carboxylic acids is 3. The third-order valence-electron chi connectivity index (χ3n) is 7.09. The lowest BCUT2D eigenvalue weighted by molar-refractivity contribution is -0.184. The number of nitrogens with zero attached hydrogens (tertiary/aromatic N) is 1. The molecule has 0 N–H and O–H groups in total. The molecule has 2 fully saturated rings. The topological polar surface area (TPSA) is 86.1 Å². The van der Waals surface area contributed by atoms with Crippen LogP contribution in [0.25, 0.3) is 11.3 Å². The highest BCUT2D eigenvalue weighted by Crippen LogP contribution is 2.42. The highest BCUT2D eigenvalue weighted by atomic mass is 79.9. The van der Waals surface area contributed by atoms with Gasteiger partial charge in [0.2, 0.25) is 11.8 Å². The van der Waals surface area contributed by atoms with Gasteiger partial charge in [0.25, 0.3) is 0 Å². The molecule has 1 aliphatic carbocycles. The highest BCUT2D eigenvalue weighted by molar-refractivity contribution is 9.09. The number of ether oxygens (including phenoxy) is 2. The summed E-state index contributed by atoms with van der Waals surface area (Å²) in [6.07, 6.45) is -3.85. The van der Waals surface area contributed by atoms with Crippen LogP contribution in [0.3, 0.4) is 0 Å². The second-order valence-corrected chi connectivity index (χ2v) is 10.1. The average Bonchev–Trinajstić information content (AvgIpc) is 3.59. The fourth-order valence-corrected chi connectivity index (χ4v) is 5.31. The number of furan rings is 1. The van der Waals surface area contributed by atoms with Gasteiger partial charge < -0.3 is 13.9 Å². The van der Waals surface area contributed by atoms with E-state index < -0.39 is 30.0 Å². The van der Waals surface area contributed by atoms with Gasteiger partial charge in [-0.3, -0.25) is 14.5 Å². The van der Waals surface area contributed by atoms with Crippen molar-refractivity contribution in [2.75, 3.05) is 30.1 Å². The number of amides is 1. The van der Waals surface area contributed by atoms with E-state index in [9.17, 15) is 27.6 Å². The Morgan fingerprint density at radius 3 is 2.32 bits per heavy atom. The predicted octanol–water partition coefficient (Wildman–Crippen LogP) is 6.19. The zero-order valence-electron chi connectivity index (χ0n) is 20.9.